The number of hydrogen-bond donors (Lipinski definition) is 2. The second-order valence-corrected chi connectivity index (χ2v) is 4.65. The van der Waals surface area contributed by atoms with Gasteiger partial charge in [0.25, 0.3) is 0 Å². The van der Waals surface area contributed by atoms with Gasteiger partial charge in [-0.15, -0.1) is 0 Å². The van der Waals surface area contributed by atoms with Crippen LogP contribution in [-0.4, -0.2) is 30.6 Å². The van der Waals surface area contributed by atoms with E-state index in [4.69, 9.17) is 0 Å². The lowest BCUT2D eigenvalue weighted by atomic mass is 9.81. The molecule has 0 heterocycles. The normalized spacial score (nSPS) is 19.7. The van der Waals surface area contributed by atoms with Gasteiger partial charge in [-0.1, -0.05) is 12.1 Å². The van der Waals surface area contributed by atoms with Crippen molar-refractivity contribution in [1.82, 2.24) is 0 Å². The van der Waals surface area contributed by atoms with Gasteiger partial charge in [-0.3, -0.25) is 0 Å². The summed E-state index contributed by atoms with van der Waals surface area (Å²) in [6.45, 7) is 0. The van der Waals surface area contributed by atoms with E-state index in [0.29, 0.717) is 0 Å². The third-order valence-corrected chi connectivity index (χ3v) is 3.37. The topological polar surface area (TPSA) is 43.7 Å². The van der Waals surface area contributed by atoms with Crippen LogP contribution >= 0.6 is 0 Å². The van der Waals surface area contributed by atoms with Gasteiger partial charge in [-0.2, -0.15) is 0 Å². The summed E-state index contributed by atoms with van der Waals surface area (Å²) >= 11 is 0. The highest BCUT2D eigenvalue weighted by Gasteiger charge is 2.26. The van der Waals surface area contributed by atoms with Crippen LogP contribution < -0.4 is 4.90 Å². The van der Waals surface area contributed by atoms with Crippen molar-refractivity contribution in [3.8, 4) is 0 Å². The maximum Gasteiger partial charge on any atom is 0.158 e. The van der Waals surface area contributed by atoms with Crippen LogP contribution in [0.5, 0.6) is 0 Å². The number of aliphatic hydroxyl groups excluding tert-OH is 1. The molecule has 3 nitrogen and oxygen atoms in total. The van der Waals surface area contributed by atoms with E-state index in [1.54, 1.807) is 0 Å². The number of anilines is 1. The van der Waals surface area contributed by atoms with E-state index in [1.807, 2.05) is 26.2 Å². The summed E-state index contributed by atoms with van der Waals surface area (Å²) < 4.78 is 0. The summed E-state index contributed by atoms with van der Waals surface area (Å²) in [6, 6.07) is 6.10. The highest BCUT2D eigenvalue weighted by Crippen LogP contribution is 2.37. The maximum absolute atomic E-state index is 9.40. The molecule has 0 aromatic heterocycles. The van der Waals surface area contributed by atoms with Gasteiger partial charge in [-0.05, 0) is 36.5 Å². The number of hydrogen-bond acceptors (Lipinski definition) is 3. The zero-order valence-corrected chi connectivity index (χ0v) is 9.85. The zero-order valence-electron chi connectivity index (χ0n) is 9.85. The molecule has 1 aliphatic rings. The number of aliphatic hydroxyl groups is 2. The van der Waals surface area contributed by atoms with Crippen molar-refractivity contribution < 1.29 is 10.2 Å². The molecule has 88 valence electrons. The lowest BCUT2D eigenvalue weighted by molar-refractivity contribution is -0.0636. The highest BCUT2D eigenvalue weighted by atomic mass is 16.5. The maximum atomic E-state index is 9.40. The monoisotopic (exact) mass is 221 g/mol. The summed E-state index contributed by atoms with van der Waals surface area (Å²) in [5, 5.41) is 18.8. The fourth-order valence-electron chi connectivity index (χ4n) is 2.59. The van der Waals surface area contributed by atoms with Gasteiger partial charge < -0.3 is 15.1 Å². The van der Waals surface area contributed by atoms with Crippen molar-refractivity contribution in [3.63, 3.8) is 0 Å². The zero-order chi connectivity index (χ0) is 11.7. The number of benzene rings is 1. The van der Waals surface area contributed by atoms with E-state index in [0.717, 1.165) is 24.8 Å². The molecule has 0 amide bonds. The molecule has 1 unspecified atom stereocenters. The smallest absolute Gasteiger partial charge is 0.158 e. The number of rotatable bonds is 2. The summed E-state index contributed by atoms with van der Waals surface area (Å²) in [5.41, 5.74) is 3.58. The Morgan fingerprint density at radius 1 is 1.31 bits per heavy atom. The van der Waals surface area contributed by atoms with E-state index in [9.17, 15) is 10.2 Å². The molecular formula is C13H19NO2. The predicted octanol–water partition coefficient (Wildman–Crippen LogP) is 1.48. The van der Waals surface area contributed by atoms with Crippen molar-refractivity contribution >= 4 is 5.69 Å². The highest BCUT2D eigenvalue weighted by molar-refractivity contribution is 5.57. The Morgan fingerprint density at radius 3 is 2.69 bits per heavy atom. The van der Waals surface area contributed by atoms with Gasteiger partial charge in [0.05, 0.1) is 0 Å². The standard InChI is InChI=1S/C13H19NO2/c1-14(2)12-8-4-5-9-10(12)6-3-7-11(9)13(15)16/h4-5,8,11,13,15-16H,3,6-7H2,1-2H3. The quantitative estimate of drug-likeness (QED) is 0.743. The van der Waals surface area contributed by atoms with Gasteiger partial charge in [-0.25, -0.2) is 0 Å². The van der Waals surface area contributed by atoms with E-state index < -0.39 is 6.29 Å². The van der Waals surface area contributed by atoms with Crippen molar-refractivity contribution in [1.29, 1.82) is 0 Å². The Balaban J connectivity index is 2.46. The molecule has 2 N–H and O–H groups in total. The van der Waals surface area contributed by atoms with Gasteiger partial charge in [0.15, 0.2) is 6.29 Å². The molecule has 0 fully saturated rings. The van der Waals surface area contributed by atoms with Gasteiger partial charge in [0.2, 0.25) is 0 Å². The first kappa shape index (κ1) is 11.4. The molecule has 0 saturated carbocycles. The van der Waals surface area contributed by atoms with Gasteiger partial charge in [0.1, 0.15) is 0 Å². The fraction of sp³-hybridized carbons (Fsp3) is 0.538. The third-order valence-electron chi connectivity index (χ3n) is 3.37. The Morgan fingerprint density at radius 2 is 2.06 bits per heavy atom. The van der Waals surface area contributed by atoms with Crippen LogP contribution in [0, 0.1) is 0 Å². The van der Waals surface area contributed by atoms with Crippen LogP contribution in [0.15, 0.2) is 18.2 Å². The fourth-order valence-corrected chi connectivity index (χ4v) is 2.59. The van der Waals surface area contributed by atoms with E-state index in [2.05, 4.69) is 11.0 Å². The molecule has 0 aliphatic heterocycles. The van der Waals surface area contributed by atoms with Crippen LogP contribution in [0.1, 0.15) is 29.9 Å². The van der Waals surface area contributed by atoms with E-state index in [-0.39, 0.29) is 5.92 Å². The molecule has 1 aromatic rings. The Kier molecular flexibility index (Phi) is 3.17. The molecule has 0 spiro atoms. The Labute approximate surface area is 96.3 Å². The minimum atomic E-state index is -1.24. The van der Waals surface area contributed by atoms with Crippen molar-refractivity contribution in [2.24, 2.45) is 0 Å². The van der Waals surface area contributed by atoms with Crippen LogP contribution in [0.4, 0.5) is 5.69 Å². The minimum Gasteiger partial charge on any atom is -0.377 e. The molecule has 1 atom stereocenters. The lowest BCUT2D eigenvalue weighted by Crippen LogP contribution is -2.24. The molecule has 0 radical (unpaired) electrons. The summed E-state index contributed by atoms with van der Waals surface area (Å²) in [4.78, 5) is 2.09. The van der Waals surface area contributed by atoms with E-state index in [1.165, 1.54) is 11.3 Å². The number of nitrogens with zero attached hydrogens (tertiary/aromatic N) is 1. The average Bonchev–Trinajstić information content (AvgIpc) is 2.27. The van der Waals surface area contributed by atoms with Crippen LogP contribution in [0.3, 0.4) is 0 Å². The SMILES string of the molecule is CN(C)c1cccc2c1CCCC2C(O)O. The van der Waals surface area contributed by atoms with Gasteiger partial charge >= 0.3 is 0 Å². The molecule has 16 heavy (non-hydrogen) atoms. The second kappa shape index (κ2) is 4.44. The Bertz CT molecular complexity index is 374. The summed E-state index contributed by atoms with van der Waals surface area (Å²) in [6.07, 6.45) is 1.69. The molecule has 3 heteroatoms. The van der Waals surface area contributed by atoms with Crippen molar-refractivity contribution in [2.45, 2.75) is 31.5 Å². The first-order chi connectivity index (χ1) is 7.61. The molecule has 1 aliphatic carbocycles. The first-order valence-corrected chi connectivity index (χ1v) is 5.76. The lowest BCUT2D eigenvalue weighted by Gasteiger charge is -2.30. The van der Waals surface area contributed by atoms with Crippen molar-refractivity contribution in [3.05, 3.63) is 29.3 Å². The molecule has 2 rings (SSSR count). The van der Waals surface area contributed by atoms with Crippen LogP contribution in [-0.2, 0) is 6.42 Å². The minimum absolute atomic E-state index is 0.122. The second-order valence-electron chi connectivity index (χ2n) is 4.65. The van der Waals surface area contributed by atoms with Crippen molar-refractivity contribution in [2.75, 3.05) is 19.0 Å². The van der Waals surface area contributed by atoms with Crippen LogP contribution in [0.25, 0.3) is 0 Å². The summed E-state index contributed by atoms with van der Waals surface area (Å²) in [7, 11) is 4.04. The first-order valence-electron chi connectivity index (χ1n) is 5.76. The number of fused-ring (bicyclic) bond motifs is 1. The average molecular weight is 221 g/mol. The predicted molar refractivity (Wildman–Crippen MR) is 64.7 cm³/mol. The molecule has 1 aromatic carbocycles. The molecule has 0 bridgehead atoms. The molecular weight excluding hydrogens is 202 g/mol. The summed E-state index contributed by atoms with van der Waals surface area (Å²) in [5.74, 6) is -0.122. The van der Waals surface area contributed by atoms with E-state index >= 15 is 0 Å². The van der Waals surface area contributed by atoms with Crippen LogP contribution in [0.2, 0.25) is 0 Å². The molecule has 0 saturated heterocycles. The van der Waals surface area contributed by atoms with Gasteiger partial charge in [0, 0.05) is 25.7 Å². The largest absolute Gasteiger partial charge is 0.377 e. The third kappa shape index (κ3) is 1.93. The Hall–Kier alpha value is -1.06.